The Hall–Kier alpha value is 1.24. The van der Waals surface area contributed by atoms with Crippen molar-refractivity contribution in [2.24, 2.45) is 0 Å². The molecule has 0 saturated carbocycles. The molecule has 0 saturated heterocycles. The van der Waals surface area contributed by atoms with Crippen molar-refractivity contribution in [1.82, 2.24) is 10.6 Å². The van der Waals surface area contributed by atoms with Gasteiger partial charge < -0.3 is 35.5 Å². The molecule has 0 radical (unpaired) electrons. The number of carbonyl (C=O) groups excluding carboxylic acids is 1. The molecule has 0 aliphatic rings. The summed E-state index contributed by atoms with van der Waals surface area (Å²) in [5.74, 6) is 0. The van der Waals surface area contributed by atoms with Gasteiger partial charge in [0.05, 0.1) is 10.8 Å². The summed E-state index contributed by atoms with van der Waals surface area (Å²) in [6, 6.07) is 0. The van der Waals surface area contributed by atoms with Gasteiger partial charge in [-0.15, -0.1) is 0 Å². The Morgan fingerprint density at radius 3 is 2.46 bits per heavy atom. The second-order valence-corrected chi connectivity index (χ2v) is 4.68. The Morgan fingerprint density at radius 2 is 2.00 bits per heavy atom. The van der Waals surface area contributed by atoms with Crippen molar-refractivity contribution in [3.63, 3.8) is 0 Å². The van der Waals surface area contributed by atoms with Crippen LogP contribution in [0.5, 0.6) is 0 Å². The summed E-state index contributed by atoms with van der Waals surface area (Å²) in [5, 5.41) is 8.72. The standard InChI is InChI=1S/C4H9N3OS4.Na/c5-12-11-3(8)6-1-2-7-4(9)10;/h1-2,5H2,(H,6,8)(H2,7,9,10);/q;+1. The average molecular weight is 266 g/mol. The van der Waals surface area contributed by atoms with Crippen LogP contribution in [0.25, 0.3) is 0 Å². The maximum Gasteiger partial charge on any atom is 1.00 e. The molecular weight excluding hydrogens is 257 g/mol. The molecule has 13 heavy (non-hydrogen) atoms. The minimum atomic E-state index is -0.105. The van der Waals surface area contributed by atoms with Crippen molar-refractivity contribution < 1.29 is 39.5 Å². The molecule has 4 nitrogen and oxygen atoms in total. The van der Waals surface area contributed by atoms with Crippen molar-refractivity contribution in [3.05, 3.63) is 0 Å². The van der Waals surface area contributed by atoms with Crippen LogP contribution in [0, 0.1) is 0 Å². The molecule has 0 aliphatic heterocycles. The van der Waals surface area contributed by atoms with Crippen LogP contribution < -0.4 is 45.3 Å². The fraction of sp³-hybridized carbons (Fsp3) is 0.500. The molecular formula is C4H9N3NaOS4+. The average Bonchev–Trinajstić information content (AvgIpc) is 1.98. The maximum absolute atomic E-state index is 10.8. The van der Waals surface area contributed by atoms with Gasteiger partial charge in [0.15, 0.2) is 11.0 Å². The zero-order valence-corrected chi connectivity index (χ0v) is 12.4. The van der Waals surface area contributed by atoms with Gasteiger partial charge in [0.1, 0.15) is 0 Å². The van der Waals surface area contributed by atoms with E-state index in [2.05, 4.69) is 40.6 Å². The van der Waals surface area contributed by atoms with Gasteiger partial charge in [-0.3, -0.25) is 9.93 Å². The molecule has 0 fully saturated rings. The molecule has 0 aromatic carbocycles. The van der Waals surface area contributed by atoms with Crippen LogP contribution in [0.2, 0.25) is 0 Å². The van der Waals surface area contributed by atoms with E-state index in [0.29, 0.717) is 17.4 Å². The van der Waals surface area contributed by atoms with Crippen molar-refractivity contribution >= 4 is 56.2 Å². The monoisotopic (exact) mass is 266 g/mol. The summed E-state index contributed by atoms with van der Waals surface area (Å²) in [4.78, 5) is 10.8. The zero-order chi connectivity index (χ0) is 9.40. The van der Waals surface area contributed by atoms with E-state index in [0.717, 1.165) is 21.8 Å². The third-order valence-electron chi connectivity index (χ3n) is 0.798. The number of hydrogen-bond donors (Lipinski definition) is 3. The third kappa shape index (κ3) is 13.2. The van der Waals surface area contributed by atoms with Crippen molar-refractivity contribution in [3.8, 4) is 0 Å². The molecule has 0 atom stereocenters. The molecule has 1 amide bonds. The van der Waals surface area contributed by atoms with Crippen molar-refractivity contribution in [2.45, 2.75) is 0 Å². The number of thiocarbonyl (C=S) groups is 1. The van der Waals surface area contributed by atoms with E-state index in [-0.39, 0.29) is 34.8 Å². The summed E-state index contributed by atoms with van der Waals surface area (Å²) in [5.41, 5.74) is 0. The van der Waals surface area contributed by atoms with Crippen LogP contribution in [0.4, 0.5) is 4.79 Å². The number of hydrogen-bond acceptors (Lipinski definition) is 5. The first-order chi connectivity index (χ1) is 5.66. The Labute approximate surface area is 118 Å². The van der Waals surface area contributed by atoms with Gasteiger partial charge in [0.25, 0.3) is 5.24 Å². The molecule has 0 unspecified atom stereocenters. The molecule has 5 N–H and O–H groups in total. The zero-order valence-electron chi connectivity index (χ0n) is 7.16. The predicted octanol–water partition coefficient (Wildman–Crippen LogP) is -3.34. The Balaban J connectivity index is 0. The molecule has 9 heteroatoms. The largest absolute Gasteiger partial charge is 1.00 e. The fourth-order valence-corrected chi connectivity index (χ4v) is 1.38. The first-order valence-corrected chi connectivity index (χ1v) is 6.11. The van der Waals surface area contributed by atoms with Crippen LogP contribution in [0.3, 0.4) is 0 Å². The second-order valence-electron chi connectivity index (χ2n) is 1.63. The van der Waals surface area contributed by atoms with E-state index in [1.807, 2.05) is 0 Å². The smallest absolute Gasteiger partial charge is 0.412 e. The molecule has 70 valence electrons. The molecule has 0 bridgehead atoms. The van der Waals surface area contributed by atoms with Gasteiger partial charge in [-0.25, -0.2) is 0 Å². The number of carbonyl (C=O) groups is 1. The number of rotatable bonds is 4. The van der Waals surface area contributed by atoms with E-state index < -0.39 is 0 Å². The molecule has 0 rings (SSSR count). The van der Waals surface area contributed by atoms with E-state index in [9.17, 15) is 4.79 Å². The van der Waals surface area contributed by atoms with Gasteiger partial charge in [-0.05, 0) is 0 Å². The van der Waals surface area contributed by atoms with Crippen molar-refractivity contribution in [1.29, 1.82) is 0 Å². The predicted molar refractivity (Wildman–Crippen MR) is 59.4 cm³/mol. The fourth-order valence-electron chi connectivity index (χ4n) is 0.412. The minimum Gasteiger partial charge on any atom is -0.412 e. The Morgan fingerprint density at radius 1 is 1.46 bits per heavy atom. The summed E-state index contributed by atoms with van der Waals surface area (Å²) in [6.45, 7) is 1.08. The SMILES string of the molecule is [NH3+]SSC(=O)NCCNC(=S)[S-].[Na+]. The topological polar surface area (TPSA) is 68.8 Å². The number of nitrogens with one attached hydrogen (secondary N) is 2. The van der Waals surface area contributed by atoms with Gasteiger partial charge in [-0.1, -0.05) is 4.32 Å². The van der Waals surface area contributed by atoms with E-state index in [1.165, 1.54) is 0 Å². The molecule has 0 aromatic rings. The normalized spacial score (nSPS) is 8.38. The van der Waals surface area contributed by atoms with Crippen LogP contribution in [-0.4, -0.2) is 22.6 Å². The van der Waals surface area contributed by atoms with E-state index >= 15 is 0 Å². The second kappa shape index (κ2) is 11.3. The molecule has 0 spiro atoms. The van der Waals surface area contributed by atoms with Crippen LogP contribution >= 0.6 is 34.0 Å². The quantitative estimate of drug-likeness (QED) is 0.123. The summed E-state index contributed by atoms with van der Waals surface area (Å²) in [6.07, 6.45) is 0. The Kier molecular flexibility index (Phi) is 14.5. The van der Waals surface area contributed by atoms with Crippen LogP contribution in [-0.2, 0) is 12.6 Å². The number of amides is 1. The summed E-state index contributed by atoms with van der Waals surface area (Å²) in [7, 11) is 2.22. The van der Waals surface area contributed by atoms with Crippen LogP contribution in [0.1, 0.15) is 0 Å². The van der Waals surface area contributed by atoms with Crippen molar-refractivity contribution in [2.75, 3.05) is 13.1 Å². The van der Waals surface area contributed by atoms with Crippen LogP contribution in [0.15, 0.2) is 0 Å². The van der Waals surface area contributed by atoms with Gasteiger partial charge in [-0.2, -0.15) is 0 Å². The van der Waals surface area contributed by atoms with Gasteiger partial charge in [0, 0.05) is 13.1 Å². The molecule has 0 aromatic heterocycles. The third-order valence-corrected chi connectivity index (χ3v) is 2.31. The maximum atomic E-state index is 10.8. The summed E-state index contributed by atoms with van der Waals surface area (Å²) < 4.78 is 0.323. The molecule has 0 aliphatic carbocycles. The van der Waals surface area contributed by atoms with Gasteiger partial charge >= 0.3 is 29.6 Å². The van der Waals surface area contributed by atoms with Gasteiger partial charge in [0.2, 0.25) is 0 Å². The van der Waals surface area contributed by atoms with E-state index in [4.69, 9.17) is 0 Å². The molecule has 0 heterocycles. The number of quaternary nitrogens is 1. The first-order valence-electron chi connectivity index (χ1n) is 2.98. The summed E-state index contributed by atoms with van der Waals surface area (Å²) >= 11 is 9.19. The Bertz CT molecular complexity index is 169. The minimum absolute atomic E-state index is 0. The van der Waals surface area contributed by atoms with E-state index in [1.54, 1.807) is 0 Å². The first kappa shape index (κ1) is 16.7.